The Morgan fingerprint density at radius 1 is 0.750 bits per heavy atom. The van der Waals surface area contributed by atoms with Crippen LogP contribution in [-0.4, -0.2) is 11.8 Å². The monoisotopic (exact) mass is 224 g/mol. The first-order chi connectivity index (χ1) is 7.45. The fourth-order valence-corrected chi connectivity index (χ4v) is 1.28. The second-order valence-corrected chi connectivity index (χ2v) is 3.85. The van der Waals surface area contributed by atoms with E-state index in [4.69, 9.17) is 11.5 Å². The summed E-state index contributed by atoms with van der Waals surface area (Å²) >= 11 is 0. The predicted molar refractivity (Wildman–Crippen MR) is 64.4 cm³/mol. The van der Waals surface area contributed by atoms with E-state index in [1.54, 1.807) is 0 Å². The Labute approximate surface area is 96.4 Å². The molecule has 0 bridgehead atoms. The third kappa shape index (κ3) is 6.81. The van der Waals surface area contributed by atoms with Gasteiger partial charge >= 0.3 is 0 Å². The van der Waals surface area contributed by atoms with Gasteiger partial charge in [0.25, 0.3) is 0 Å². The van der Waals surface area contributed by atoms with E-state index in [2.05, 4.69) is 13.2 Å². The van der Waals surface area contributed by atoms with Crippen molar-refractivity contribution in [2.45, 2.75) is 38.5 Å². The minimum absolute atomic E-state index is 0.429. The zero-order chi connectivity index (χ0) is 12.6. The van der Waals surface area contributed by atoms with Crippen LogP contribution < -0.4 is 11.5 Å². The summed E-state index contributed by atoms with van der Waals surface area (Å²) in [7, 11) is 0. The molecule has 0 unspecified atom stereocenters. The summed E-state index contributed by atoms with van der Waals surface area (Å²) in [4.78, 5) is 21.3. The highest BCUT2D eigenvalue weighted by Crippen LogP contribution is 2.11. The lowest BCUT2D eigenvalue weighted by atomic mass is 10.0. The van der Waals surface area contributed by atoms with Gasteiger partial charge in [-0.2, -0.15) is 0 Å². The van der Waals surface area contributed by atoms with Gasteiger partial charge in [-0.3, -0.25) is 9.59 Å². The first-order valence-corrected chi connectivity index (χ1v) is 5.40. The fourth-order valence-electron chi connectivity index (χ4n) is 1.28. The maximum atomic E-state index is 10.6. The summed E-state index contributed by atoms with van der Waals surface area (Å²) in [5.41, 5.74) is 11.0. The van der Waals surface area contributed by atoms with Gasteiger partial charge in [-0.25, -0.2) is 0 Å². The molecule has 0 aromatic heterocycles. The van der Waals surface area contributed by atoms with Gasteiger partial charge in [0.15, 0.2) is 0 Å². The predicted octanol–water partition coefficient (Wildman–Crippen LogP) is 1.41. The molecule has 0 atom stereocenters. The molecule has 0 aromatic carbocycles. The Morgan fingerprint density at radius 3 is 1.31 bits per heavy atom. The zero-order valence-corrected chi connectivity index (χ0v) is 9.63. The highest BCUT2D eigenvalue weighted by molar-refractivity contribution is 5.91. The molecule has 0 aromatic rings. The number of carbonyl (C=O) groups is 2. The van der Waals surface area contributed by atoms with Crippen LogP contribution in [0.4, 0.5) is 0 Å². The summed E-state index contributed by atoms with van der Waals surface area (Å²) in [5, 5.41) is 0. The van der Waals surface area contributed by atoms with E-state index in [0.717, 1.165) is 25.7 Å². The number of carbonyl (C=O) groups excluding carboxylic acids is 2. The molecule has 0 aliphatic rings. The van der Waals surface area contributed by atoms with Gasteiger partial charge in [0.2, 0.25) is 11.8 Å². The Morgan fingerprint density at radius 2 is 1.06 bits per heavy atom. The maximum absolute atomic E-state index is 10.6. The molecular weight excluding hydrogens is 204 g/mol. The Kier molecular flexibility index (Phi) is 6.92. The minimum atomic E-state index is -0.429. The quantitative estimate of drug-likeness (QED) is 0.458. The zero-order valence-electron chi connectivity index (χ0n) is 9.63. The SMILES string of the molecule is C=C(CCCCCCC(=C)C(N)=O)C(N)=O. The summed E-state index contributed by atoms with van der Waals surface area (Å²) in [6.45, 7) is 7.15. The number of hydrogen-bond acceptors (Lipinski definition) is 2. The van der Waals surface area contributed by atoms with E-state index in [9.17, 15) is 9.59 Å². The number of rotatable bonds is 9. The molecule has 0 saturated carbocycles. The second-order valence-electron chi connectivity index (χ2n) is 3.85. The molecule has 0 saturated heterocycles. The normalized spacial score (nSPS) is 9.75. The Balaban J connectivity index is 3.41. The van der Waals surface area contributed by atoms with Crippen LogP contribution in [0.5, 0.6) is 0 Å². The molecule has 2 amide bonds. The molecule has 0 radical (unpaired) electrons. The largest absolute Gasteiger partial charge is 0.366 e. The van der Waals surface area contributed by atoms with Crippen LogP contribution in [0.2, 0.25) is 0 Å². The smallest absolute Gasteiger partial charge is 0.244 e. The molecule has 16 heavy (non-hydrogen) atoms. The molecule has 0 aliphatic heterocycles. The molecule has 0 spiro atoms. The van der Waals surface area contributed by atoms with Crippen molar-refractivity contribution in [2.24, 2.45) is 11.5 Å². The minimum Gasteiger partial charge on any atom is -0.366 e. The maximum Gasteiger partial charge on any atom is 0.244 e. The van der Waals surface area contributed by atoms with Crippen LogP contribution in [0.3, 0.4) is 0 Å². The van der Waals surface area contributed by atoms with Gasteiger partial charge < -0.3 is 11.5 Å². The molecular formula is C12H20N2O2. The number of amides is 2. The van der Waals surface area contributed by atoms with Crippen molar-refractivity contribution in [3.63, 3.8) is 0 Å². The number of primary amides is 2. The van der Waals surface area contributed by atoms with Crippen LogP contribution in [0.1, 0.15) is 38.5 Å². The van der Waals surface area contributed by atoms with Gasteiger partial charge in [-0.05, 0) is 25.7 Å². The Hall–Kier alpha value is -1.58. The summed E-state index contributed by atoms with van der Waals surface area (Å²) < 4.78 is 0. The molecule has 4 nitrogen and oxygen atoms in total. The van der Waals surface area contributed by atoms with Crippen molar-refractivity contribution < 1.29 is 9.59 Å². The first kappa shape index (κ1) is 14.4. The van der Waals surface area contributed by atoms with Crippen LogP contribution in [0, 0.1) is 0 Å². The first-order valence-electron chi connectivity index (χ1n) is 5.40. The van der Waals surface area contributed by atoms with Gasteiger partial charge in [-0.15, -0.1) is 0 Å². The van der Waals surface area contributed by atoms with E-state index < -0.39 is 11.8 Å². The van der Waals surface area contributed by atoms with Gasteiger partial charge in [0, 0.05) is 11.1 Å². The van der Waals surface area contributed by atoms with E-state index in [0.29, 0.717) is 24.0 Å². The average molecular weight is 224 g/mol. The van der Waals surface area contributed by atoms with Crippen molar-refractivity contribution in [3.05, 3.63) is 24.3 Å². The molecule has 0 heterocycles. The van der Waals surface area contributed by atoms with E-state index in [1.165, 1.54) is 0 Å². The molecule has 90 valence electrons. The van der Waals surface area contributed by atoms with Gasteiger partial charge in [0.05, 0.1) is 0 Å². The lowest BCUT2D eigenvalue weighted by Gasteiger charge is -2.02. The highest BCUT2D eigenvalue weighted by atomic mass is 16.1. The second kappa shape index (κ2) is 7.68. The van der Waals surface area contributed by atoms with E-state index >= 15 is 0 Å². The summed E-state index contributed by atoms with van der Waals surface area (Å²) in [5.74, 6) is -0.857. The van der Waals surface area contributed by atoms with Crippen molar-refractivity contribution in [1.82, 2.24) is 0 Å². The third-order valence-corrected chi connectivity index (χ3v) is 2.40. The van der Waals surface area contributed by atoms with Crippen molar-refractivity contribution in [3.8, 4) is 0 Å². The molecule has 0 aliphatic carbocycles. The molecule has 4 heteroatoms. The molecule has 0 rings (SSSR count). The number of nitrogens with two attached hydrogens (primary N) is 2. The average Bonchev–Trinajstić information content (AvgIpc) is 2.21. The van der Waals surface area contributed by atoms with Crippen LogP contribution in [0.15, 0.2) is 24.3 Å². The fraction of sp³-hybridized carbons (Fsp3) is 0.500. The Bertz CT molecular complexity index is 265. The van der Waals surface area contributed by atoms with Crippen molar-refractivity contribution in [2.75, 3.05) is 0 Å². The van der Waals surface area contributed by atoms with Crippen molar-refractivity contribution in [1.29, 1.82) is 0 Å². The van der Waals surface area contributed by atoms with Crippen LogP contribution in [-0.2, 0) is 9.59 Å². The van der Waals surface area contributed by atoms with Crippen molar-refractivity contribution >= 4 is 11.8 Å². The van der Waals surface area contributed by atoms with Crippen LogP contribution >= 0.6 is 0 Å². The van der Waals surface area contributed by atoms with E-state index in [1.807, 2.05) is 0 Å². The lowest BCUT2D eigenvalue weighted by molar-refractivity contribution is -0.115. The molecule has 4 N–H and O–H groups in total. The van der Waals surface area contributed by atoms with Gasteiger partial charge in [0.1, 0.15) is 0 Å². The van der Waals surface area contributed by atoms with Crippen LogP contribution in [0.25, 0.3) is 0 Å². The lowest BCUT2D eigenvalue weighted by Crippen LogP contribution is -2.13. The van der Waals surface area contributed by atoms with Gasteiger partial charge in [-0.1, -0.05) is 26.0 Å². The summed E-state index contributed by atoms with van der Waals surface area (Å²) in [6, 6.07) is 0. The standard InChI is InChI=1S/C12H20N2O2/c1-9(11(13)15)7-5-3-4-6-8-10(2)12(14)16/h1-8H2,(H2,13,15)(H2,14,16). The summed E-state index contributed by atoms with van der Waals surface area (Å²) in [6.07, 6.45) is 5.05. The molecule has 0 fully saturated rings. The highest BCUT2D eigenvalue weighted by Gasteiger charge is 2.02. The third-order valence-electron chi connectivity index (χ3n) is 2.40. The number of hydrogen-bond donors (Lipinski definition) is 2. The van der Waals surface area contributed by atoms with E-state index in [-0.39, 0.29) is 0 Å². The topological polar surface area (TPSA) is 86.2 Å². The number of unbranched alkanes of at least 4 members (excludes halogenated alkanes) is 3.